The van der Waals surface area contributed by atoms with Crippen LogP contribution in [0.5, 0.6) is 0 Å². The maximum absolute atomic E-state index is 13.8. The SMILES string of the molecule is CCCCN(CC(O)C(Cc1ccccc1)NC(=O)c1cc(C(N)=O)cc(C(=O)N(CCC)CCC)c1)NC(=O)c1ccccc1. The minimum Gasteiger partial charge on any atom is -0.390 e. The summed E-state index contributed by atoms with van der Waals surface area (Å²) in [5.74, 6) is -1.92. The van der Waals surface area contributed by atoms with Gasteiger partial charge in [0.2, 0.25) is 5.91 Å². The van der Waals surface area contributed by atoms with Gasteiger partial charge in [-0.05, 0) is 61.6 Å². The van der Waals surface area contributed by atoms with Gasteiger partial charge < -0.3 is 21.1 Å². The standard InChI is InChI=1S/C36H47N5O5/c1-4-7-20-41(39-35(45)27-16-12-9-13-17-27)25-32(42)31(21-26-14-10-8-11-15-26)38-34(44)29-22-28(33(37)43)23-30(24-29)36(46)40(18-5-2)19-6-3/h8-17,22-24,31-32,42H,4-7,18-21,25H2,1-3H3,(H2,37,43)(H,38,44)(H,39,45). The second-order valence-electron chi connectivity index (χ2n) is 11.4. The van der Waals surface area contributed by atoms with Crippen LogP contribution in [0.3, 0.4) is 0 Å². The van der Waals surface area contributed by atoms with E-state index in [1.807, 2.05) is 57.2 Å². The average molecular weight is 630 g/mol. The molecule has 0 radical (unpaired) electrons. The number of amides is 4. The smallest absolute Gasteiger partial charge is 0.265 e. The van der Waals surface area contributed by atoms with Crippen LogP contribution in [0.25, 0.3) is 0 Å². The maximum Gasteiger partial charge on any atom is 0.265 e. The molecule has 0 aromatic heterocycles. The first-order chi connectivity index (χ1) is 22.2. The normalized spacial score (nSPS) is 12.3. The number of unbranched alkanes of at least 4 members (excludes halogenated alkanes) is 1. The molecule has 2 atom stereocenters. The van der Waals surface area contributed by atoms with E-state index in [9.17, 15) is 24.3 Å². The van der Waals surface area contributed by atoms with Crippen LogP contribution in [0.2, 0.25) is 0 Å². The number of benzene rings is 3. The average Bonchev–Trinajstić information content (AvgIpc) is 3.06. The molecule has 3 aromatic rings. The molecule has 0 fully saturated rings. The summed E-state index contributed by atoms with van der Waals surface area (Å²) in [6.07, 6.45) is 2.37. The van der Waals surface area contributed by atoms with Gasteiger partial charge in [-0.25, -0.2) is 5.01 Å². The van der Waals surface area contributed by atoms with Crippen molar-refractivity contribution in [1.29, 1.82) is 0 Å². The van der Waals surface area contributed by atoms with Gasteiger partial charge in [0.05, 0.1) is 12.1 Å². The summed E-state index contributed by atoms with van der Waals surface area (Å²) in [7, 11) is 0. The third kappa shape index (κ3) is 10.8. The first kappa shape index (κ1) is 35.9. The summed E-state index contributed by atoms with van der Waals surface area (Å²) in [5.41, 5.74) is 10.2. The van der Waals surface area contributed by atoms with Gasteiger partial charge in [-0.3, -0.25) is 24.6 Å². The van der Waals surface area contributed by atoms with Gasteiger partial charge in [-0.1, -0.05) is 75.7 Å². The number of carbonyl (C=O) groups is 4. The predicted octanol–water partition coefficient (Wildman–Crippen LogP) is 4.20. The van der Waals surface area contributed by atoms with Crippen molar-refractivity contribution in [3.05, 3.63) is 107 Å². The zero-order valence-electron chi connectivity index (χ0n) is 27.1. The minimum absolute atomic E-state index is 0.0402. The molecule has 0 saturated heterocycles. The van der Waals surface area contributed by atoms with Crippen molar-refractivity contribution in [3.8, 4) is 0 Å². The zero-order chi connectivity index (χ0) is 33.5. The quantitative estimate of drug-likeness (QED) is 0.155. The van der Waals surface area contributed by atoms with E-state index in [0.29, 0.717) is 31.6 Å². The van der Waals surface area contributed by atoms with E-state index in [-0.39, 0.29) is 35.0 Å². The molecule has 2 unspecified atom stereocenters. The Bertz CT molecular complexity index is 1430. The highest BCUT2D eigenvalue weighted by atomic mass is 16.3. The molecule has 10 nitrogen and oxygen atoms in total. The van der Waals surface area contributed by atoms with Crippen LogP contribution in [-0.4, -0.2) is 77.0 Å². The van der Waals surface area contributed by atoms with E-state index in [2.05, 4.69) is 10.7 Å². The highest BCUT2D eigenvalue weighted by Gasteiger charge is 2.27. The van der Waals surface area contributed by atoms with Crippen LogP contribution >= 0.6 is 0 Å². The molecule has 0 bridgehead atoms. The number of aliphatic hydroxyl groups excluding tert-OH is 1. The number of hydrogen-bond donors (Lipinski definition) is 4. The summed E-state index contributed by atoms with van der Waals surface area (Å²) >= 11 is 0. The number of nitrogens with one attached hydrogen (secondary N) is 2. The van der Waals surface area contributed by atoms with Crippen molar-refractivity contribution >= 4 is 23.6 Å². The number of nitrogens with two attached hydrogens (primary N) is 1. The summed E-state index contributed by atoms with van der Waals surface area (Å²) in [6.45, 7) is 7.60. The Kier molecular flexibility index (Phi) is 14.4. The zero-order valence-corrected chi connectivity index (χ0v) is 27.1. The fraction of sp³-hybridized carbons (Fsp3) is 0.389. The molecule has 46 heavy (non-hydrogen) atoms. The van der Waals surface area contributed by atoms with E-state index in [1.54, 1.807) is 34.2 Å². The van der Waals surface area contributed by atoms with Gasteiger partial charge in [-0.15, -0.1) is 0 Å². The van der Waals surface area contributed by atoms with Crippen LogP contribution in [0.15, 0.2) is 78.9 Å². The molecular formula is C36H47N5O5. The summed E-state index contributed by atoms with van der Waals surface area (Å²) < 4.78 is 0. The third-order valence-electron chi connectivity index (χ3n) is 7.56. The van der Waals surface area contributed by atoms with E-state index in [0.717, 1.165) is 31.2 Å². The molecule has 3 rings (SSSR count). The van der Waals surface area contributed by atoms with Crippen molar-refractivity contribution < 1.29 is 24.3 Å². The second-order valence-corrected chi connectivity index (χ2v) is 11.4. The Labute approximate surface area is 271 Å². The van der Waals surface area contributed by atoms with Gasteiger partial charge in [0, 0.05) is 48.4 Å². The fourth-order valence-corrected chi connectivity index (χ4v) is 5.16. The Morgan fingerprint density at radius 3 is 1.91 bits per heavy atom. The Hall–Kier alpha value is -4.54. The monoisotopic (exact) mass is 629 g/mol. The number of hydrazine groups is 1. The fourth-order valence-electron chi connectivity index (χ4n) is 5.16. The molecular weight excluding hydrogens is 582 g/mol. The number of rotatable bonds is 18. The number of nitrogens with zero attached hydrogens (tertiary/aromatic N) is 2. The van der Waals surface area contributed by atoms with Gasteiger partial charge >= 0.3 is 0 Å². The predicted molar refractivity (Wildman–Crippen MR) is 179 cm³/mol. The molecule has 5 N–H and O–H groups in total. The van der Waals surface area contributed by atoms with E-state index < -0.39 is 24.0 Å². The minimum atomic E-state index is -1.10. The second kappa shape index (κ2) is 18.4. The topological polar surface area (TPSA) is 145 Å². The molecule has 0 aliphatic carbocycles. The van der Waals surface area contributed by atoms with Crippen LogP contribution in [0, 0.1) is 0 Å². The van der Waals surface area contributed by atoms with Crippen LogP contribution < -0.4 is 16.5 Å². The van der Waals surface area contributed by atoms with Crippen molar-refractivity contribution in [1.82, 2.24) is 20.7 Å². The number of aliphatic hydroxyl groups is 1. The number of carbonyl (C=O) groups excluding carboxylic acids is 4. The molecule has 0 heterocycles. The van der Waals surface area contributed by atoms with Gasteiger partial charge in [0.1, 0.15) is 0 Å². The van der Waals surface area contributed by atoms with Gasteiger partial charge in [-0.2, -0.15) is 0 Å². The van der Waals surface area contributed by atoms with Crippen molar-refractivity contribution in [2.45, 2.75) is 65.0 Å². The Morgan fingerprint density at radius 2 is 1.33 bits per heavy atom. The third-order valence-corrected chi connectivity index (χ3v) is 7.56. The molecule has 4 amide bonds. The highest BCUT2D eigenvalue weighted by Crippen LogP contribution is 2.16. The molecule has 0 spiro atoms. The van der Waals surface area contributed by atoms with Crippen LogP contribution in [0.4, 0.5) is 0 Å². The lowest BCUT2D eigenvalue weighted by Gasteiger charge is -2.30. The molecule has 10 heteroatoms. The molecule has 3 aromatic carbocycles. The summed E-state index contributed by atoms with van der Waals surface area (Å²) in [4.78, 5) is 54.0. The molecule has 246 valence electrons. The lowest BCUT2D eigenvalue weighted by molar-refractivity contribution is 0.0446. The number of primary amides is 1. The lowest BCUT2D eigenvalue weighted by atomic mass is 9.99. The number of hydrogen-bond acceptors (Lipinski definition) is 6. The van der Waals surface area contributed by atoms with E-state index in [1.165, 1.54) is 18.2 Å². The Balaban J connectivity index is 1.90. The maximum atomic E-state index is 13.8. The first-order valence-electron chi connectivity index (χ1n) is 16.0. The van der Waals surface area contributed by atoms with E-state index in [4.69, 9.17) is 5.73 Å². The largest absolute Gasteiger partial charge is 0.390 e. The van der Waals surface area contributed by atoms with E-state index >= 15 is 0 Å². The van der Waals surface area contributed by atoms with Crippen molar-refractivity contribution in [3.63, 3.8) is 0 Å². The first-order valence-corrected chi connectivity index (χ1v) is 16.0. The molecule has 0 aliphatic heterocycles. The van der Waals surface area contributed by atoms with Gasteiger partial charge in [0.25, 0.3) is 17.7 Å². The van der Waals surface area contributed by atoms with Crippen LogP contribution in [0.1, 0.15) is 93.4 Å². The molecule has 0 aliphatic rings. The summed E-state index contributed by atoms with van der Waals surface area (Å²) in [6, 6.07) is 21.7. The highest BCUT2D eigenvalue weighted by molar-refractivity contribution is 6.04. The van der Waals surface area contributed by atoms with Crippen molar-refractivity contribution in [2.24, 2.45) is 5.73 Å². The Morgan fingerprint density at radius 1 is 0.739 bits per heavy atom. The lowest BCUT2D eigenvalue weighted by Crippen LogP contribution is -2.53. The summed E-state index contributed by atoms with van der Waals surface area (Å²) in [5, 5.41) is 16.2. The van der Waals surface area contributed by atoms with Crippen molar-refractivity contribution in [2.75, 3.05) is 26.2 Å². The van der Waals surface area contributed by atoms with Gasteiger partial charge in [0.15, 0.2) is 0 Å². The van der Waals surface area contributed by atoms with Crippen LogP contribution in [-0.2, 0) is 6.42 Å². The molecule has 0 saturated carbocycles.